The number of rotatable bonds is 12. The SMILES string of the molecule is c1ccc(-c2ccc(N(c3ccc(-c4ccccc4)cc3)c3ccc(-c4ccccc4-c4ccc(N(c5ccc(-c6ccccc6)cc5)c5ccc(-c6ccccc6)cc5)cc4)cc3)cc2)cc1. The lowest BCUT2D eigenvalue weighted by atomic mass is 9.94. The Hall–Kier alpha value is -8.98. The fraction of sp³-hybridized carbons (Fsp3) is 0. The zero-order valence-electron chi connectivity index (χ0n) is 37.6. The van der Waals surface area contributed by atoms with E-state index in [0.29, 0.717) is 0 Å². The molecule has 0 spiro atoms. The van der Waals surface area contributed by atoms with Crippen LogP contribution < -0.4 is 9.80 Å². The summed E-state index contributed by atoms with van der Waals surface area (Å²) in [6, 6.07) is 104. The van der Waals surface area contributed by atoms with E-state index in [-0.39, 0.29) is 0 Å². The van der Waals surface area contributed by atoms with Gasteiger partial charge in [0.25, 0.3) is 0 Å². The van der Waals surface area contributed by atoms with E-state index in [2.05, 4.69) is 301 Å². The van der Waals surface area contributed by atoms with Crippen molar-refractivity contribution in [1.29, 1.82) is 0 Å². The standard InChI is InChI=1S/C66H48N2/c1-5-15-49(16-6-1)53-25-37-59(38-26-53)67(60-39-27-54(28-40-60)50-17-7-2-8-18-50)63-45-33-57(34-46-63)65-23-13-14-24-66(65)58-35-47-64(48-36-58)68(61-41-29-55(30-42-61)51-19-9-3-10-20-51)62-43-31-56(32-44-62)52-21-11-4-12-22-52/h1-48H. The van der Waals surface area contributed by atoms with Crippen molar-refractivity contribution in [3.05, 3.63) is 291 Å². The van der Waals surface area contributed by atoms with Crippen molar-refractivity contribution in [3.63, 3.8) is 0 Å². The molecule has 0 heterocycles. The fourth-order valence-electron chi connectivity index (χ4n) is 9.20. The van der Waals surface area contributed by atoms with Crippen molar-refractivity contribution in [2.75, 3.05) is 9.80 Å². The van der Waals surface area contributed by atoms with Crippen LogP contribution in [0.3, 0.4) is 0 Å². The highest BCUT2D eigenvalue weighted by molar-refractivity contribution is 5.88. The second-order valence-corrected chi connectivity index (χ2v) is 17.0. The van der Waals surface area contributed by atoms with Crippen LogP contribution in [0.4, 0.5) is 34.1 Å². The van der Waals surface area contributed by atoms with Gasteiger partial charge in [-0.25, -0.2) is 0 Å². The van der Waals surface area contributed by atoms with Gasteiger partial charge in [0.15, 0.2) is 0 Å². The summed E-state index contributed by atoms with van der Waals surface area (Å²) < 4.78 is 0. The Balaban J connectivity index is 0.911. The maximum Gasteiger partial charge on any atom is 0.0462 e. The van der Waals surface area contributed by atoms with Gasteiger partial charge in [-0.15, -0.1) is 0 Å². The van der Waals surface area contributed by atoms with Gasteiger partial charge in [-0.3, -0.25) is 0 Å². The summed E-state index contributed by atoms with van der Waals surface area (Å²) in [6.45, 7) is 0. The minimum Gasteiger partial charge on any atom is -0.311 e. The van der Waals surface area contributed by atoms with E-state index in [0.717, 1.165) is 45.3 Å². The van der Waals surface area contributed by atoms with Crippen LogP contribution in [0, 0.1) is 0 Å². The lowest BCUT2D eigenvalue weighted by molar-refractivity contribution is 1.28. The van der Waals surface area contributed by atoms with Gasteiger partial charge in [0, 0.05) is 34.1 Å². The van der Waals surface area contributed by atoms with Gasteiger partial charge in [-0.2, -0.15) is 0 Å². The van der Waals surface area contributed by atoms with Crippen LogP contribution in [0.15, 0.2) is 291 Å². The Bertz CT molecular complexity index is 2950. The van der Waals surface area contributed by atoms with Crippen LogP contribution in [-0.2, 0) is 0 Å². The van der Waals surface area contributed by atoms with Gasteiger partial charge in [0.05, 0.1) is 0 Å². The Kier molecular flexibility index (Phi) is 11.8. The summed E-state index contributed by atoms with van der Waals surface area (Å²) in [6.07, 6.45) is 0. The average molecular weight is 869 g/mol. The first kappa shape index (κ1) is 41.7. The molecule has 2 heteroatoms. The van der Waals surface area contributed by atoms with Crippen LogP contribution in [0.2, 0.25) is 0 Å². The summed E-state index contributed by atoms with van der Waals surface area (Å²) in [7, 11) is 0. The minimum atomic E-state index is 1.09. The topological polar surface area (TPSA) is 6.48 Å². The zero-order chi connectivity index (χ0) is 45.5. The average Bonchev–Trinajstić information content (AvgIpc) is 3.43. The van der Waals surface area contributed by atoms with Crippen LogP contribution in [-0.4, -0.2) is 0 Å². The number of benzene rings is 11. The molecule has 0 aliphatic heterocycles. The highest BCUT2D eigenvalue weighted by atomic mass is 15.1. The first-order chi connectivity index (χ1) is 33.7. The Morgan fingerprint density at radius 2 is 0.294 bits per heavy atom. The van der Waals surface area contributed by atoms with E-state index in [1.54, 1.807) is 0 Å². The molecule has 0 bridgehead atoms. The molecule has 0 saturated carbocycles. The van der Waals surface area contributed by atoms with E-state index >= 15 is 0 Å². The summed E-state index contributed by atoms with van der Waals surface area (Å²) >= 11 is 0. The third kappa shape index (κ3) is 8.87. The van der Waals surface area contributed by atoms with Gasteiger partial charge < -0.3 is 9.80 Å². The van der Waals surface area contributed by atoms with Crippen molar-refractivity contribution in [2.45, 2.75) is 0 Å². The van der Waals surface area contributed by atoms with E-state index in [1.807, 2.05) is 0 Å². The van der Waals surface area contributed by atoms with Crippen molar-refractivity contribution in [2.24, 2.45) is 0 Å². The number of hydrogen-bond donors (Lipinski definition) is 0. The molecule has 0 saturated heterocycles. The van der Waals surface area contributed by atoms with E-state index < -0.39 is 0 Å². The van der Waals surface area contributed by atoms with E-state index in [1.165, 1.54) is 55.6 Å². The zero-order valence-corrected chi connectivity index (χ0v) is 37.6. The molecule has 68 heavy (non-hydrogen) atoms. The van der Waals surface area contributed by atoms with Crippen LogP contribution in [0.5, 0.6) is 0 Å². The molecule has 0 atom stereocenters. The molecule has 11 aromatic carbocycles. The molecule has 0 unspecified atom stereocenters. The Morgan fingerprint density at radius 3 is 0.500 bits per heavy atom. The van der Waals surface area contributed by atoms with E-state index in [4.69, 9.17) is 0 Å². The molecule has 11 aromatic rings. The predicted molar refractivity (Wildman–Crippen MR) is 288 cm³/mol. The first-order valence-electron chi connectivity index (χ1n) is 23.2. The molecule has 322 valence electrons. The first-order valence-corrected chi connectivity index (χ1v) is 23.2. The third-order valence-electron chi connectivity index (χ3n) is 12.7. The van der Waals surface area contributed by atoms with Gasteiger partial charge in [-0.05, 0) is 140 Å². The van der Waals surface area contributed by atoms with Crippen molar-refractivity contribution in [1.82, 2.24) is 0 Å². The molecular weight excluding hydrogens is 821 g/mol. The summed E-state index contributed by atoms with van der Waals surface area (Å²) in [5.74, 6) is 0. The molecule has 0 amide bonds. The van der Waals surface area contributed by atoms with Gasteiger partial charge in [0.2, 0.25) is 0 Å². The summed E-state index contributed by atoms with van der Waals surface area (Å²) in [5.41, 5.74) is 20.8. The molecule has 0 aliphatic rings. The fourth-order valence-corrected chi connectivity index (χ4v) is 9.20. The monoisotopic (exact) mass is 868 g/mol. The molecule has 0 aliphatic carbocycles. The van der Waals surface area contributed by atoms with Crippen LogP contribution in [0.1, 0.15) is 0 Å². The third-order valence-corrected chi connectivity index (χ3v) is 12.7. The second kappa shape index (κ2) is 19.2. The molecule has 11 rings (SSSR count). The molecule has 0 aromatic heterocycles. The summed E-state index contributed by atoms with van der Waals surface area (Å²) in [4.78, 5) is 4.68. The van der Waals surface area contributed by atoms with Crippen LogP contribution in [0.25, 0.3) is 66.8 Å². The predicted octanol–water partition coefficient (Wildman–Crippen LogP) is 18.6. The van der Waals surface area contributed by atoms with E-state index in [9.17, 15) is 0 Å². The normalized spacial score (nSPS) is 10.9. The molecular formula is C66H48N2. The quantitative estimate of drug-likeness (QED) is 0.121. The molecule has 2 nitrogen and oxygen atoms in total. The molecule has 0 fully saturated rings. The largest absolute Gasteiger partial charge is 0.311 e. The maximum absolute atomic E-state index is 2.34. The lowest BCUT2D eigenvalue weighted by Crippen LogP contribution is -2.10. The minimum absolute atomic E-state index is 1.09. The number of anilines is 6. The van der Waals surface area contributed by atoms with Crippen molar-refractivity contribution in [3.8, 4) is 66.8 Å². The van der Waals surface area contributed by atoms with Crippen molar-refractivity contribution < 1.29 is 0 Å². The summed E-state index contributed by atoms with van der Waals surface area (Å²) in [5, 5.41) is 0. The molecule has 0 radical (unpaired) electrons. The molecule has 0 N–H and O–H groups in total. The highest BCUT2D eigenvalue weighted by Gasteiger charge is 2.17. The maximum atomic E-state index is 2.34. The lowest BCUT2D eigenvalue weighted by Gasteiger charge is -2.26. The Morgan fingerprint density at radius 1 is 0.132 bits per heavy atom. The second-order valence-electron chi connectivity index (χ2n) is 17.0. The van der Waals surface area contributed by atoms with Gasteiger partial charge >= 0.3 is 0 Å². The number of hydrogen-bond acceptors (Lipinski definition) is 2. The van der Waals surface area contributed by atoms with Gasteiger partial charge in [-0.1, -0.05) is 218 Å². The number of nitrogens with zero attached hydrogens (tertiary/aromatic N) is 2. The Labute approximate surface area is 400 Å². The smallest absolute Gasteiger partial charge is 0.0462 e. The van der Waals surface area contributed by atoms with Gasteiger partial charge in [0.1, 0.15) is 0 Å². The highest BCUT2D eigenvalue weighted by Crippen LogP contribution is 2.41. The van der Waals surface area contributed by atoms with Crippen LogP contribution >= 0.6 is 0 Å². The van der Waals surface area contributed by atoms with Crippen molar-refractivity contribution >= 4 is 34.1 Å².